The maximum absolute atomic E-state index is 12.1. The van der Waals surface area contributed by atoms with E-state index >= 15 is 0 Å². The zero-order valence-electron chi connectivity index (χ0n) is 13.8. The van der Waals surface area contributed by atoms with Gasteiger partial charge < -0.3 is 9.80 Å². The molecule has 1 aromatic carbocycles. The van der Waals surface area contributed by atoms with Crippen molar-refractivity contribution in [1.82, 2.24) is 14.5 Å². The fourth-order valence-electron chi connectivity index (χ4n) is 2.63. The van der Waals surface area contributed by atoms with E-state index in [1.54, 1.807) is 6.07 Å². The van der Waals surface area contributed by atoms with Gasteiger partial charge in [0.1, 0.15) is 0 Å². The minimum absolute atomic E-state index is 0.0993. The minimum atomic E-state index is -3.49. The van der Waals surface area contributed by atoms with E-state index in [-0.39, 0.29) is 11.4 Å². The fourth-order valence-corrected chi connectivity index (χ4v) is 3.81. The van der Waals surface area contributed by atoms with Crippen molar-refractivity contribution < 1.29 is 13.3 Å². The number of likely N-dealkylation sites (N-methyl/N-ethyl adjacent to an activating group) is 1. The van der Waals surface area contributed by atoms with Crippen molar-refractivity contribution in [1.29, 1.82) is 0 Å². The summed E-state index contributed by atoms with van der Waals surface area (Å²) in [7, 11) is -1.39. The van der Waals surface area contributed by atoms with Crippen LogP contribution in [-0.4, -0.2) is 69.5 Å². The van der Waals surface area contributed by atoms with Crippen LogP contribution in [0.3, 0.4) is 0 Å². The van der Waals surface area contributed by atoms with Crippen LogP contribution < -0.4 is 4.72 Å². The van der Waals surface area contributed by atoms with Gasteiger partial charge in [-0.05, 0) is 25.6 Å². The molecule has 0 unspecified atom stereocenters. The number of hydrogen-bond acceptors (Lipinski definition) is 6. The first kappa shape index (κ1) is 18.8. The third-order valence-electron chi connectivity index (χ3n) is 4.05. The molecule has 1 N–H and O–H groups in total. The van der Waals surface area contributed by atoms with Crippen molar-refractivity contribution in [3.8, 4) is 0 Å². The molecule has 134 valence electrons. The number of rotatable bonds is 8. The molecule has 1 aromatic rings. The number of sulfonamides is 1. The molecule has 0 radical (unpaired) electrons. The SMILES string of the molecule is CN1CCN(CCCNS(=O)(=O)Cc2cccc([N+](=O)[O-])c2)CC1. The summed E-state index contributed by atoms with van der Waals surface area (Å²) in [6, 6.07) is 5.72. The molecule has 1 heterocycles. The Balaban J connectivity index is 1.75. The number of nitrogens with zero attached hydrogens (tertiary/aromatic N) is 3. The Hall–Kier alpha value is -1.55. The topological polar surface area (TPSA) is 95.8 Å². The lowest BCUT2D eigenvalue weighted by Crippen LogP contribution is -2.45. The highest BCUT2D eigenvalue weighted by Gasteiger charge is 2.15. The van der Waals surface area contributed by atoms with E-state index in [1.165, 1.54) is 18.2 Å². The van der Waals surface area contributed by atoms with Crippen LogP contribution in [0, 0.1) is 10.1 Å². The van der Waals surface area contributed by atoms with Gasteiger partial charge in [-0.2, -0.15) is 0 Å². The molecule has 24 heavy (non-hydrogen) atoms. The van der Waals surface area contributed by atoms with Gasteiger partial charge in [0.2, 0.25) is 10.0 Å². The van der Waals surface area contributed by atoms with Gasteiger partial charge in [-0.3, -0.25) is 10.1 Å². The maximum Gasteiger partial charge on any atom is 0.269 e. The molecule has 1 saturated heterocycles. The molecule has 9 heteroatoms. The lowest BCUT2D eigenvalue weighted by molar-refractivity contribution is -0.384. The normalized spacial score (nSPS) is 17.0. The lowest BCUT2D eigenvalue weighted by Gasteiger charge is -2.32. The van der Waals surface area contributed by atoms with E-state index in [4.69, 9.17) is 0 Å². The van der Waals surface area contributed by atoms with Gasteiger partial charge in [-0.1, -0.05) is 12.1 Å². The Morgan fingerprint density at radius 1 is 1.25 bits per heavy atom. The quantitative estimate of drug-likeness (QED) is 0.417. The Labute approximate surface area is 142 Å². The summed E-state index contributed by atoms with van der Waals surface area (Å²) in [5.41, 5.74) is 0.313. The van der Waals surface area contributed by atoms with Crippen molar-refractivity contribution in [2.45, 2.75) is 12.2 Å². The number of piperazine rings is 1. The van der Waals surface area contributed by atoms with Crippen LogP contribution in [0.15, 0.2) is 24.3 Å². The molecule has 0 amide bonds. The molecule has 8 nitrogen and oxygen atoms in total. The molecule has 1 aliphatic rings. The van der Waals surface area contributed by atoms with Crippen molar-refractivity contribution >= 4 is 15.7 Å². The van der Waals surface area contributed by atoms with Crippen molar-refractivity contribution in [3.05, 3.63) is 39.9 Å². The highest BCUT2D eigenvalue weighted by molar-refractivity contribution is 7.88. The van der Waals surface area contributed by atoms with Gasteiger partial charge in [-0.25, -0.2) is 13.1 Å². The summed E-state index contributed by atoms with van der Waals surface area (Å²) >= 11 is 0. The molecular weight excluding hydrogens is 332 g/mol. The zero-order valence-corrected chi connectivity index (χ0v) is 14.7. The average Bonchev–Trinajstić information content (AvgIpc) is 2.53. The second-order valence-corrected chi connectivity index (χ2v) is 7.89. The van der Waals surface area contributed by atoms with Crippen LogP contribution in [0.5, 0.6) is 0 Å². The molecule has 0 atom stereocenters. The first-order chi connectivity index (χ1) is 11.4. The molecule has 0 saturated carbocycles. The van der Waals surface area contributed by atoms with E-state index in [9.17, 15) is 18.5 Å². The first-order valence-corrected chi connectivity index (χ1v) is 9.62. The highest BCUT2D eigenvalue weighted by atomic mass is 32.2. The largest absolute Gasteiger partial charge is 0.304 e. The average molecular weight is 356 g/mol. The molecule has 0 aliphatic carbocycles. The number of non-ortho nitro benzene ring substituents is 1. The fraction of sp³-hybridized carbons (Fsp3) is 0.600. The van der Waals surface area contributed by atoms with Gasteiger partial charge in [0.05, 0.1) is 10.7 Å². The van der Waals surface area contributed by atoms with Crippen LogP contribution in [-0.2, 0) is 15.8 Å². The van der Waals surface area contributed by atoms with E-state index in [0.29, 0.717) is 12.1 Å². The summed E-state index contributed by atoms with van der Waals surface area (Å²) < 4.78 is 26.7. The van der Waals surface area contributed by atoms with Gasteiger partial charge in [0.25, 0.3) is 5.69 Å². The Bertz CT molecular complexity index is 657. The monoisotopic (exact) mass is 356 g/mol. The molecule has 2 rings (SSSR count). The van der Waals surface area contributed by atoms with Crippen molar-refractivity contribution in [3.63, 3.8) is 0 Å². The van der Waals surface area contributed by atoms with Crippen molar-refractivity contribution in [2.24, 2.45) is 0 Å². The predicted molar refractivity (Wildman–Crippen MR) is 92.3 cm³/mol. The number of nitrogens with one attached hydrogen (secondary N) is 1. The molecule has 0 bridgehead atoms. The van der Waals surface area contributed by atoms with Crippen LogP contribution in [0.4, 0.5) is 5.69 Å². The van der Waals surface area contributed by atoms with Crippen LogP contribution in [0.25, 0.3) is 0 Å². The summed E-state index contributed by atoms with van der Waals surface area (Å²) in [4.78, 5) is 14.8. The number of nitro benzene ring substituents is 1. The van der Waals surface area contributed by atoms with Crippen LogP contribution >= 0.6 is 0 Å². The van der Waals surface area contributed by atoms with E-state index in [1.807, 2.05) is 0 Å². The molecule has 0 aromatic heterocycles. The third-order valence-corrected chi connectivity index (χ3v) is 5.40. The number of hydrogen-bond donors (Lipinski definition) is 1. The number of nitro groups is 1. The molecule has 0 spiro atoms. The molecule has 1 fully saturated rings. The lowest BCUT2D eigenvalue weighted by atomic mass is 10.2. The van der Waals surface area contributed by atoms with E-state index < -0.39 is 14.9 Å². The van der Waals surface area contributed by atoms with Crippen LogP contribution in [0.1, 0.15) is 12.0 Å². The predicted octanol–water partition coefficient (Wildman–Crippen LogP) is 0.652. The minimum Gasteiger partial charge on any atom is -0.304 e. The maximum atomic E-state index is 12.1. The standard InChI is InChI=1S/C15H24N4O4S/c1-17-8-10-18(11-9-17)7-3-6-16-24(22,23)13-14-4-2-5-15(12-14)19(20)21/h2,4-5,12,16H,3,6-11,13H2,1H3. The summed E-state index contributed by atoms with van der Waals surface area (Å²) in [6.07, 6.45) is 0.748. The Morgan fingerprint density at radius 3 is 2.62 bits per heavy atom. The summed E-state index contributed by atoms with van der Waals surface area (Å²) in [6.45, 7) is 5.35. The first-order valence-electron chi connectivity index (χ1n) is 7.97. The van der Waals surface area contributed by atoms with Crippen molar-refractivity contribution in [2.75, 3.05) is 46.3 Å². The highest BCUT2D eigenvalue weighted by Crippen LogP contribution is 2.14. The van der Waals surface area contributed by atoms with Gasteiger partial charge in [-0.15, -0.1) is 0 Å². The third kappa shape index (κ3) is 6.16. The zero-order chi connectivity index (χ0) is 17.6. The smallest absolute Gasteiger partial charge is 0.269 e. The molecule has 1 aliphatic heterocycles. The van der Waals surface area contributed by atoms with Gasteiger partial charge in [0.15, 0.2) is 0 Å². The summed E-state index contributed by atoms with van der Waals surface area (Å²) in [5.74, 6) is -0.247. The Kier molecular flexibility index (Phi) is 6.67. The van der Waals surface area contributed by atoms with Crippen LogP contribution in [0.2, 0.25) is 0 Å². The summed E-state index contributed by atoms with van der Waals surface area (Å²) in [5, 5.41) is 10.7. The second kappa shape index (κ2) is 8.52. The van der Waals surface area contributed by atoms with Gasteiger partial charge in [0, 0.05) is 44.9 Å². The van der Waals surface area contributed by atoms with E-state index in [2.05, 4.69) is 21.6 Å². The second-order valence-electron chi connectivity index (χ2n) is 6.08. The van der Waals surface area contributed by atoms with E-state index in [0.717, 1.165) is 39.1 Å². The number of benzene rings is 1. The van der Waals surface area contributed by atoms with Gasteiger partial charge >= 0.3 is 0 Å². The molecular formula is C15H24N4O4S. The Morgan fingerprint density at radius 2 is 1.96 bits per heavy atom.